The molecule has 6 N–H and O–H groups in total. The first-order chi connectivity index (χ1) is 18.8. The Morgan fingerprint density at radius 1 is 1.00 bits per heavy atom. The number of aldehydes is 1. The molecular weight excluding hydrogens is 524 g/mol. The van der Waals surface area contributed by atoms with E-state index in [1.807, 2.05) is 6.92 Å². The number of cyclic esters (lactones) is 1. The smallest absolute Gasteiger partial charge is 0.331 e. The fourth-order valence-corrected chi connectivity index (χ4v) is 9.82. The normalized spacial score (nSPS) is 56.0. The van der Waals surface area contributed by atoms with Gasteiger partial charge in [0.2, 0.25) is 0 Å². The van der Waals surface area contributed by atoms with Crippen LogP contribution in [0.25, 0.3) is 0 Å². The third-order valence-corrected chi connectivity index (χ3v) is 11.9. The molecule has 0 bridgehead atoms. The molecule has 11 heteroatoms. The Morgan fingerprint density at radius 2 is 1.75 bits per heavy atom. The van der Waals surface area contributed by atoms with Gasteiger partial charge in [-0.1, -0.05) is 6.92 Å². The SMILES string of the molecule is CC1OC(OC2CCC3(C=O)C4C(O)CC5(C)C(C6=CC(=O)OC6)CCC5(O)C4CCC3(O)C2)C(O)C(O)C1O. The second-order valence-electron chi connectivity index (χ2n) is 13.6. The summed E-state index contributed by atoms with van der Waals surface area (Å²) in [4.78, 5) is 24.8. The Balaban J connectivity index is 1.25. The molecule has 1 saturated heterocycles. The van der Waals surface area contributed by atoms with Crippen LogP contribution in [0.5, 0.6) is 0 Å². The van der Waals surface area contributed by atoms with Crippen molar-refractivity contribution in [3.05, 3.63) is 11.6 Å². The van der Waals surface area contributed by atoms with Crippen molar-refractivity contribution in [3.8, 4) is 0 Å². The molecule has 5 fully saturated rings. The Bertz CT molecular complexity index is 1080. The summed E-state index contributed by atoms with van der Waals surface area (Å²) in [6, 6.07) is 0. The van der Waals surface area contributed by atoms with E-state index < -0.39 is 82.8 Å². The molecule has 0 aromatic rings. The summed E-state index contributed by atoms with van der Waals surface area (Å²) in [5.74, 6) is -1.61. The van der Waals surface area contributed by atoms with Crippen molar-refractivity contribution in [2.75, 3.05) is 6.61 Å². The largest absolute Gasteiger partial charge is 0.458 e. The van der Waals surface area contributed by atoms with E-state index in [0.717, 1.165) is 11.9 Å². The minimum atomic E-state index is -1.51. The van der Waals surface area contributed by atoms with Gasteiger partial charge in [-0.2, -0.15) is 0 Å². The van der Waals surface area contributed by atoms with Crippen LogP contribution in [0.2, 0.25) is 0 Å². The lowest BCUT2D eigenvalue weighted by molar-refractivity contribution is -0.320. The molecule has 4 aliphatic carbocycles. The number of carbonyl (C=O) groups is 2. The van der Waals surface area contributed by atoms with Crippen molar-refractivity contribution in [1.82, 2.24) is 0 Å². The topological polar surface area (TPSA) is 183 Å². The van der Waals surface area contributed by atoms with Crippen molar-refractivity contribution in [2.45, 2.75) is 119 Å². The van der Waals surface area contributed by atoms with E-state index in [-0.39, 0.29) is 38.2 Å². The average Bonchev–Trinajstić information content (AvgIpc) is 3.45. The fraction of sp³-hybridized carbons (Fsp3) is 0.862. The number of fused-ring (bicyclic) bond motifs is 5. The van der Waals surface area contributed by atoms with Gasteiger partial charge in [0.1, 0.15) is 31.2 Å². The quantitative estimate of drug-likeness (QED) is 0.149. The van der Waals surface area contributed by atoms with Crippen LogP contribution >= 0.6 is 0 Å². The van der Waals surface area contributed by atoms with Crippen LogP contribution in [-0.4, -0.2) is 104 Å². The zero-order chi connectivity index (χ0) is 28.8. The van der Waals surface area contributed by atoms with E-state index in [1.54, 1.807) is 6.92 Å². The maximum atomic E-state index is 13.0. The highest BCUT2D eigenvalue weighted by Gasteiger charge is 2.73. The monoisotopic (exact) mass is 566 g/mol. The predicted molar refractivity (Wildman–Crippen MR) is 136 cm³/mol. The van der Waals surface area contributed by atoms with Gasteiger partial charge in [0.15, 0.2) is 6.29 Å². The second-order valence-corrected chi connectivity index (χ2v) is 13.6. The molecule has 6 rings (SSSR count). The van der Waals surface area contributed by atoms with Gasteiger partial charge in [-0.05, 0) is 69.3 Å². The van der Waals surface area contributed by atoms with Crippen molar-refractivity contribution >= 4 is 12.3 Å². The van der Waals surface area contributed by atoms with E-state index >= 15 is 0 Å². The van der Waals surface area contributed by atoms with Crippen LogP contribution < -0.4 is 0 Å². The Labute approximate surface area is 233 Å². The van der Waals surface area contributed by atoms with Crippen LogP contribution in [0.4, 0.5) is 0 Å². The molecule has 11 nitrogen and oxygen atoms in total. The molecular formula is C29H42O11. The number of aliphatic hydroxyl groups is 6. The van der Waals surface area contributed by atoms with Gasteiger partial charge in [0.05, 0.1) is 34.9 Å². The molecule has 224 valence electrons. The van der Waals surface area contributed by atoms with Crippen LogP contribution in [0.3, 0.4) is 0 Å². The van der Waals surface area contributed by atoms with Crippen LogP contribution in [0.1, 0.15) is 65.2 Å². The molecule has 2 aliphatic heterocycles. The number of rotatable bonds is 4. The highest BCUT2D eigenvalue weighted by atomic mass is 16.7. The molecule has 0 aromatic carbocycles. The van der Waals surface area contributed by atoms with Gasteiger partial charge >= 0.3 is 5.97 Å². The lowest BCUT2D eigenvalue weighted by Gasteiger charge is -2.66. The molecule has 0 radical (unpaired) electrons. The van der Waals surface area contributed by atoms with Gasteiger partial charge < -0.3 is 49.6 Å². The maximum Gasteiger partial charge on any atom is 0.331 e. The van der Waals surface area contributed by atoms with Crippen molar-refractivity contribution in [2.24, 2.45) is 28.6 Å². The summed E-state index contributed by atoms with van der Waals surface area (Å²) in [5.41, 5.74) is -3.89. The standard InChI is InChI=1S/C29H42O11/c1-14-22(33)23(34)24(35)25(39-14)40-16-3-6-27(13-30)21-18(4-7-28(27,36)10-16)29(37)8-5-17(15-9-20(32)38-12-15)26(29,2)11-19(21)31/h9,13-14,16-19,21-25,31,33-37H,3-8,10-12H2,1-2H3. The molecule has 14 unspecified atom stereocenters. The number of aliphatic hydroxyl groups excluding tert-OH is 4. The fourth-order valence-electron chi connectivity index (χ4n) is 9.82. The van der Waals surface area contributed by atoms with Crippen molar-refractivity contribution in [1.29, 1.82) is 0 Å². The molecule has 0 amide bonds. The summed E-state index contributed by atoms with van der Waals surface area (Å²) in [6.45, 7) is 3.72. The molecule has 2 heterocycles. The molecule has 0 aromatic heterocycles. The Hall–Kier alpha value is -1.44. The van der Waals surface area contributed by atoms with Crippen LogP contribution in [0.15, 0.2) is 11.6 Å². The zero-order valence-electron chi connectivity index (χ0n) is 23.0. The average molecular weight is 567 g/mol. The highest BCUT2D eigenvalue weighted by molar-refractivity contribution is 5.85. The Kier molecular flexibility index (Phi) is 6.83. The minimum Gasteiger partial charge on any atom is -0.458 e. The second kappa shape index (κ2) is 9.54. The number of hydrogen-bond acceptors (Lipinski definition) is 11. The van der Waals surface area contributed by atoms with E-state index in [1.165, 1.54) is 6.08 Å². The van der Waals surface area contributed by atoms with Gasteiger partial charge in [0, 0.05) is 23.8 Å². The first kappa shape index (κ1) is 28.7. The number of hydrogen-bond donors (Lipinski definition) is 6. The van der Waals surface area contributed by atoms with Crippen molar-refractivity contribution in [3.63, 3.8) is 0 Å². The van der Waals surface area contributed by atoms with Crippen LogP contribution in [-0.2, 0) is 23.8 Å². The van der Waals surface area contributed by atoms with E-state index in [0.29, 0.717) is 25.7 Å². The predicted octanol–water partition coefficient (Wildman–Crippen LogP) is -0.279. The number of esters is 1. The summed E-state index contributed by atoms with van der Waals surface area (Å²) in [7, 11) is 0. The highest BCUT2D eigenvalue weighted by Crippen LogP contribution is 2.70. The van der Waals surface area contributed by atoms with E-state index in [9.17, 15) is 40.2 Å². The minimum absolute atomic E-state index is 0.0615. The van der Waals surface area contributed by atoms with Gasteiger partial charge in [-0.3, -0.25) is 0 Å². The van der Waals surface area contributed by atoms with E-state index in [4.69, 9.17) is 14.2 Å². The number of ether oxygens (including phenoxy) is 3. The van der Waals surface area contributed by atoms with Gasteiger partial charge in [0.25, 0.3) is 0 Å². The third-order valence-electron chi connectivity index (χ3n) is 11.9. The van der Waals surface area contributed by atoms with Crippen molar-refractivity contribution < 1.29 is 54.4 Å². The first-order valence-corrected chi connectivity index (χ1v) is 14.6. The van der Waals surface area contributed by atoms with E-state index in [2.05, 4.69) is 0 Å². The lowest BCUT2D eigenvalue weighted by atomic mass is 9.41. The van der Waals surface area contributed by atoms with Gasteiger partial charge in [-0.25, -0.2) is 4.79 Å². The Morgan fingerprint density at radius 3 is 2.42 bits per heavy atom. The third kappa shape index (κ3) is 3.78. The number of carbonyl (C=O) groups excluding carboxylic acids is 2. The maximum absolute atomic E-state index is 13.0. The summed E-state index contributed by atoms with van der Waals surface area (Å²) in [6.07, 6.45) is -2.87. The first-order valence-electron chi connectivity index (χ1n) is 14.6. The zero-order valence-corrected chi connectivity index (χ0v) is 23.0. The van der Waals surface area contributed by atoms with Crippen LogP contribution in [0, 0.1) is 28.6 Å². The summed E-state index contributed by atoms with van der Waals surface area (Å²) < 4.78 is 16.8. The summed E-state index contributed by atoms with van der Waals surface area (Å²) >= 11 is 0. The molecule has 40 heavy (non-hydrogen) atoms. The molecule has 14 atom stereocenters. The molecule has 4 saturated carbocycles. The molecule has 6 aliphatic rings. The van der Waals surface area contributed by atoms with Gasteiger partial charge in [-0.15, -0.1) is 0 Å². The molecule has 0 spiro atoms. The summed E-state index contributed by atoms with van der Waals surface area (Å²) in [5, 5.41) is 66.7. The lowest BCUT2D eigenvalue weighted by Crippen LogP contribution is -2.72.